The Morgan fingerprint density at radius 2 is 2.10 bits per heavy atom. The summed E-state index contributed by atoms with van der Waals surface area (Å²) in [5, 5.41) is 8.15. The van der Waals surface area contributed by atoms with Crippen molar-refractivity contribution in [2.24, 2.45) is 0 Å². The van der Waals surface area contributed by atoms with Gasteiger partial charge in [-0.25, -0.2) is 4.79 Å². The van der Waals surface area contributed by atoms with Crippen molar-refractivity contribution in [3.63, 3.8) is 0 Å². The van der Waals surface area contributed by atoms with Gasteiger partial charge in [-0.1, -0.05) is 18.2 Å². The SMILES string of the molecule is CC(NC/C=C/CNC(=O)OC(C)(C)C)c1cccs1. The van der Waals surface area contributed by atoms with Crippen LogP contribution in [0.3, 0.4) is 0 Å². The van der Waals surface area contributed by atoms with Crippen LogP contribution >= 0.6 is 11.3 Å². The molecule has 0 saturated heterocycles. The maximum absolute atomic E-state index is 11.4. The Hall–Kier alpha value is -1.33. The highest BCUT2D eigenvalue weighted by Crippen LogP contribution is 2.17. The van der Waals surface area contributed by atoms with Crippen molar-refractivity contribution in [2.75, 3.05) is 13.1 Å². The smallest absolute Gasteiger partial charge is 0.407 e. The van der Waals surface area contributed by atoms with E-state index in [1.807, 2.05) is 32.9 Å². The van der Waals surface area contributed by atoms with Gasteiger partial charge in [0, 0.05) is 24.0 Å². The largest absolute Gasteiger partial charge is 0.444 e. The zero-order valence-electron chi connectivity index (χ0n) is 12.6. The first-order valence-corrected chi connectivity index (χ1v) is 7.65. The summed E-state index contributed by atoms with van der Waals surface area (Å²) in [7, 11) is 0. The molecule has 20 heavy (non-hydrogen) atoms. The van der Waals surface area contributed by atoms with Gasteiger partial charge in [-0.3, -0.25) is 0 Å². The predicted octanol–water partition coefficient (Wildman–Crippen LogP) is 3.48. The lowest BCUT2D eigenvalue weighted by Crippen LogP contribution is -2.32. The van der Waals surface area contributed by atoms with Gasteiger partial charge in [0.2, 0.25) is 0 Å². The number of hydrogen-bond donors (Lipinski definition) is 2. The minimum absolute atomic E-state index is 0.346. The lowest BCUT2D eigenvalue weighted by Gasteiger charge is -2.19. The lowest BCUT2D eigenvalue weighted by atomic mass is 10.2. The van der Waals surface area contributed by atoms with Gasteiger partial charge < -0.3 is 15.4 Å². The topological polar surface area (TPSA) is 50.4 Å². The number of thiophene rings is 1. The van der Waals surface area contributed by atoms with Crippen LogP contribution in [0.25, 0.3) is 0 Å². The number of alkyl carbamates (subject to hydrolysis) is 1. The highest BCUT2D eigenvalue weighted by molar-refractivity contribution is 7.10. The van der Waals surface area contributed by atoms with Crippen molar-refractivity contribution in [3.05, 3.63) is 34.5 Å². The third-order valence-corrected chi connectivity index (χ3v) is 3.50. The quantitative estimate of drug-likeness (QED) is 0.790. The Bertz CT molecular complexity index is 422. The Morgan fingerprint density at radius 3 is 2.70 bits per heavy atom. The average Bonchev–Trinajstić information content (AvgIpc) is 2.84. The number of hydrogen-bond acceptors (Lipinski definition) is 4. The van der Waals surface area contributed by atoms with Crippen molar-refractivity contribution in [1.82, 2.24) is 10.6 Å². The molecule has 1 aromatic heterocycles. The van der Waals surface area contributed by atoms with E-state index in [-0.39, 0.29) is 6.09 Å². The monoisotopic (exact) mass is 296 g/mol. The van der Waals surface area contributed by atoms with E-state index in [4.69, 9.17) is 4.74 Å². The zero-order valence-corrected chi connectivity index (χ0v) is 13.4. The third kappa shape index (κ3) is 7.31. The lowest BCUT2D eigenvalue weighted by molar-refractivity contribution is 0.0534. The molecule has 0 aliphatic heterocycles. The van der Waals surface area contributed by atoms with Crippen LogP contribution in [0.2, 0.25) is 0 Å². The summed E-state index contributed by atoms with van der Waals surface area (Å²) >= 11 is 1.75. The molecule has 112 valence electrons. The van der Waals surface area contributed by atoms with Crippen molar-refractivity contribution in [1.29, 1.82) is 0 Å². The van der Waals surface area contributed by atoms with Gasteiger partial charge in [0.25, 0.3) is 0 Å². The van der Waals surface area contributed by atoms with Gasteiger partial charge in [-0.05, 0) is 39.1 Å². The van der Waals surface area contributed by atoms with Gasteiger partial charge in [0.05, 0.1) is 0 Å². The van der Waals surface area contributed by atoms with E-state index in [1.165, 1.54) is 4.88 Å². The molecule has 0 spiro atoms. The van der Waals surface area contributed by atoms with Crippen LogP contribution in [0.15, 0.2) is 29.7 Å². The van der Waals surface area contributed by atoms with E-state index in [0.29, 0.717) is 12.6 Å². The molecule has 1 heterocycles. The summed E-state index contributed by atoms with van der Waals surface area (Å²) in [6.45, 7) is 8.92. The second kappa shape index (κ2) is 8.07. The third-order valence-electron chi connectivity index (χ3n) is 2.44. The van der Waals surface area contributed by atoms with E-state index in [1.54, 1.807) is 11.3 Å². The molecule has 0 aliphatic carbocycles. The van der Waals surface area contributed by atoms with Crippen LogP contribution in [-0.2, 0) is 4.74 Å². The molecular weight excluding hydrogens is 272 g/mol. The molecule has 4 nitrogen and oxygen atoms in total. The predicted molar refractivity (Wildman–Crippen MR) is 84.1 cm³/mol. The molecule has 1 atom stereocenters. The summed E-state index contributed by atoms with van der Waals surface area (Å²) in [6.07, 6.45) is 3.53. The van der Waals surface area contributed by atoms with E-state index in [9.17, 15) is 4.79 Å². The van der Waals surface area contributed by atoms with Crippen molar-refractivity contribution in [2.45, 2.75) is 39.3 Å². The fourth-order valence-corrected chi connectivity index (χ4v) is 2.27. The van der Waals surface area contributed by atoms with Crippen LogP contribution < -0.4 is 10.6 Å². The molecule has 5 heteroatoms. The number of rotatable bonds is 6. The van der Waals surface area contributed by atoms with Crippen LogP contribution in [0.4, 0.5) is 4.79 Å². The Labute approximate surface area is 125 Å². The zero-order chi connectivity index (χ0) is 15.0. The first-order chi connectivity index (χ1) is 9.38. The minimum Gasteiger partial charge on any atom is -0.444 e. The van der Waals surface area contributed by atoms with E-state index >= 15 is 0 Å². The molecule has 2 N–H and O–H groups in total. The average molecular weight is 296 g/mol. The van der Waals surface area contributed by atoms with Gasteiger partial charge in [-0.15, -0.1) is 11.3 Å². The van der Waals surface area contributed by atoms with Crippen LogP contribution in [-0.4, -0.2) is 24.8 Å². The molecule has 0 radical (unpaired) electrons. The second-order valence-electron chi connectivity index (χ2n) is 5.50. The first-order valence-electron chi connectivity index (χ1n) is 6.77. The van der Waals surface area contributed by atoms with Crippen molar-refractivity contribution in [3.8, 4) is 0 Å². The second-order valence-corrected chi connectivity index (χ2v) is 6.48. The minimum atomic E-state index is -0.453. The molecule has 1 aromatic rings. The molecule has 1 amide bonds. The molecule has 0 bridgehead atoms. The van der Waals surface area contributed by atoms with Crippen LogP contribution in [0.5, 0.6) is 0 Å². The normalized spacial score (nSPS) is 13.4. The molecule has 0 aromatic carbocycles. The molecule has 1 unspecified atom stereocenters. The summed E-state index contributed by atoms with van der Waals surface area (Å²) in [6, 6.07) is 4.52. The maximum atomic E-state index is 11.4. The maximum Gasteiger partial charge on any atom is 0.407 e. The van der Waals surface area contributed by atoms with E-state index < -0.39 is 5.60 Å². The van der Waals surface area contributed by atoms with Gasteiger partial charge in [0.1, 0.15) is 5.60 Å². The molecule has 0 fully saturated rings. The summed E-state index contributed by atoms with van der Waals surface area (Å²) in [5.41, 5.74) is -0.453. The van der Waals surface area contributed by atoms with E-state index in [0.717, 1.165) is 6.54 Å². The fraction of sp³-hybridized carbons (Fsp3) is 0.533. The number of ether oxygens (including phenoxy) is 1. The van der Waals surface area contributed by atoms with Crippen molar-refractivity contribution >= 4 is 17.4 Å². The highest BCUT2D eigenvalue weighted by Gasteiger charge is 2.14. The molecular formula is C15H24N2O2S. The highest BCUT2D eigenvalue weighted by atomic mass is 32.1. The van der Waals surface area contributed by atoms with Crippen LogP contribution in [0.1, 0.15) is 38.6 Å². The Balaban J connectivity index is 2.12. The number of carbonyl (C=O) groups is 1. The number of carbonyl (C=O) groups excluding carboxylic acids is 1. The molecule has 0 aliphatic rings. The summed E-state index contributed by atoms with van der Waals surface area (Å²) in [4.78, 5) is 12.7. The molecule has 0 saturated carbocycles. The van der Waals surface area contributed by atoms with Gasteiger partial charge >= 0.3 is 6.09 Å². The molecule has 1 rings (SSSR count). The standard InChI is InChI=1S/C15H24N2O2S/c1-12(13-8-7-11-20-13)16-9-5-6-10-17-14(18)19-15(2,3)4/h5-8,11-12,16H,9-10H2,1-4H3,(H,17,18)/b6-5+. The fourth-order valence-electron chi connectivity index (χ4n) is 1.51. The van der Waals surface area contributed by atoms with Gasteiger partial charge in [0.15, 0.2) is 0 Å². The Morgan fingerprint density at radius 1 is 1.40 bits per heavy atom. The summed E-state index contributed by atoms with van der Waals surface area (Å²) in [5.74, 6) is 0. The number of amides is 1. The first kappa shape index (κ1) is 16.7. The summed E-state index contributed by atoms with van der Waals surface area (Å²) < 4.78 is 5.13. The van der Waals surface area contributed by atoms with E-state index in [2.05, 4.69) is 35.1 Å². The number of nitrogens with one attached hydrogen (secondary N) is 2. The van der Waals surface area contributed by atoms with Gasteiger partial charge in [-0.2, -0.15) is 0 Å². The van der Waals surface area contributed by atoms with Crippen LogP contribution in [0, 0.1) is 0 Å². The Kier molecular flexibility index (Phi) is 6.75. The van der Waals surface area contributed by atoms with Crippen molar-refractivity contribution < 1.29 is 9.53 Å².